The Morgan fingerprint density at radius 1 is 0.806 bits per heavy atom. The summed E-state index contributed by atoms with van der Waals surface area (Å²) in [4.78, 5) is 181. The molecule has 0 spiro atoms. The number of H-pyrrole nitrogens is 1. The lowest BCUT2D eigenvalue weighted by Gasteiger charge is -2.33. The largest absolute Gasteiger partial charge is 0.508 e. The molecule has 98 heavy (non-hydrogen) atoms. The van der Waals surface area contributed by atoms with E-state index in [1.807, 2.05) is 0 Å². The number of carboxylic acids is 1. The smallest absolute Gasteiger partial charge is 0.508 e. The van der Waals surface area contributed by atoms with Gasteiger partial charge in [0.25, 0.3) is 0 Å². The third-order valence-corrected chi connectivity index (χ3v) is 20.0. The van der Waals surface area contributed by atoms with Crippen molar-refractivity contribution in [3.8, 4) is 5.75 Å². The summed E-state index contributed by atoms with van der Waals surface area (Å²) in [5.74, 6) is -16.5. The number of primary amides is 1. The van der Waals surface area contributed by atoms with E-state index < -0.39 is 249 Å². The minimum atomic E-state index is -2.49. The number of carbonyl (C=O) groups excluding carboxylic acids is 12. The molecule has 1 aromatic heterocycles. The van der Waals surface area contributed by atoms with Gasteiger partial charge in [0.1, 0.15) is 84.6 Å². The molecule has 546 valence electrons. The van der Waals surface area contributed by atoms with Crippen LogP contribution in [-0.4, -0.2) is 292 Å². The van der Waals surface area contributed by atoms with Crippen molar-refractivity contribution >= 4 is 120 Å². The summed E-state index contributed by atoms with van der Waals surface area (Å²) < 4.78 is 25.1. The fourth-order valence-corrected chi connectivity index (χ4v) is 13.7. The van der Waals surface area contributed by atoms with Crippen LogP contribution < -0.4 is 58.9 Å². The van der Waals surface area contributed by atoms with Gasteiger partial charge in [-0.3, -0.25) is 56.9 Å². The Morgan fingerprint density at radius 3 is 2.13 bits per heavy atom. The zero-order valence-corrected chi connectivity index (χ0v) is 56.0. The van der Waals surface area contributed by atoms with E-state index in [0.29, 0.717) is 6.42 Å². The number of amides is 11. The number of hydrogen-bond acceptors (Lipinski definition) is 27. The van der Waals surface area contributed by atoms with Gasteiger partial charge in [-0.05, 0) is 37.1 Å². The van der Waals surface area contributed by atoms with E-state index in [4.69, 9.17) is 20.3 Å². The number of aromatic amines is 1. The number of aliphatic carboxylic acids is 1. The number of aliphatic hydroxyl groups is 7. The number of carboxylic acid groups (broad SMARTS) is 1. The molecule has 4 heterocycles. The number of fused-ring (bicyclic) bond motifs is 5. The number of phenols is 1. The molecule has 2 aromatic rings. The summed E-state index contributed by atoms with van der Waals surface area (Å²) in [6, 6.07) is -9.53. The van der Waals surface area contributed by atoms with Gasteiger partial charge in [-0.25, -0.2) is 9.59 Å². The molecule has 41 heteroatoms. The predicted molar refractivity (Wildman–Crippen MR) is 343 cm³/mol. The SMILES string of the molecule is CCC(C)[C@H]1NC(=O)CNC(=O)C2Cc3c([nH]c4cc(O)ccc34)S(=O)C[C@H](NC(=O)CNC1=O)C(=O)N[C@@H](CC(N)=O)C(=O)N1C[C@H](O)C[C@H]1C(=O)N[C@@H]([C@H](C)[C@@H](O)COC(=O)OCCSSC[C@H](NC(=O)[C@H](CCC(=O)NC[C@H](O)[C@@H](O)[C@H](O)[C@H](O)CO)NC)C(=O)O)C(=O)N2. The van der Waals surface area contributed by atoms with Crippen molar-refractivity contribution in [2.24, 2.45) is 17.6 Å². The van der Waals surface area contributed by atoms with Crippen molar-refractivity contribution in [2.45, 2.75) is 149 Å². The van der Waals surface area contributed by atoms with Gasteiger partial charge < -0.3 is 124 Å². The van der Waals surface area contributed by atoms with Crippen LogP contribution >= 0.6 is 21.6 Å². The minimum Gasteiger partial charge on any atom is -0.508 e. The van der Waals surface area contributed by atoms with Crippen LogP contribution in [-0.2, 0) is 84.2 Å². The van der Waals surface area contributed by atoms with Gasteiger partial charge in [-0.15, -0.1) is 0 Å². The molecule has 1 aromatic carbocycles. The average molecular weight is 1450 g/mol. The Kier molecular flexibility index (Phi) is 31.6. The number of aromatic nitrogens is 1. The minimum absolute atomic E-state index is 0.00835. The summed E-state index contributed by atoms with van der Waals surface area (Å²) in [6.07, 6.45) is -14.5. The van der Waals surface area contributed by atoms with Crippen LogP contribution in [0.2, 0.25) is 0 Å². The number of phenolic OH excluding ortho intramolecular Hbond substituents is 1. The molecule has 0 saturated carbocycles. The number of likely N-dealkylation sites (N-methyl/N-ethyl adjacent to an activating group) is 1. The number of rotatable bonds is 27. The van der Waals surface area contributed by atoms with Gasteiger partial charge in [0, 0.05) is 61.2 Å². The maximum atomic E-state index is 15.0. The van der Waals surface area contributed by atoms with E-state index in [2.05, 4.69) is 58.2 Å². The lowest BCUT2D eigenvalue weighted by atomic mass is 9.93. The van der Waals surface area contributed by atoms with E-state index in [1.54, 1.807) is 13.8 Å². The second kappa shape index (κ2) is 38.4. The van der Waals surface area contributed by atoms with Crippen LogP contribution in [0.15, 0.2) is 23.2 Å². The third kappa shape index (κ3) is 23.3. The number of benzene rings is 1. The average Bonchev–Trinajstić information content (AvgIpc) is 1.63. The molecule has 0 radical (unpaired) electrons. The molecular weight excluding hydrogens is 1360 g/mol. The van der Waals surface area contributed by atoms with Crippen molar-refractivity contribution in [3.05, 3.63) is 23.8 Å². The molecule has 17 atom stereocenters. The van der Waals surface area contributed by atoms with Gasteiger partial charge in [0.15, 0.2) is 0 Å². The van der Waals surface area contributed by atoms with Gasteiger partial charge in [0.05, 0.1) is 72.5 Å². The van der Waals surface area contributed by atoms with Crippen molar-refractivity contribution in [1.29, 1.82) is 0 Å². The van der Waals surface area contributed by atoms with E-state index in [-0.39, 0.29) is 58.2 Å². The fraction of sp³-hybridized carbons (Fsp3) is 0.632. The van der Waals surface area contributed by atoms with Crippen LogP contribution in [0.5, 0.6) is 5.75 Å². The van der Waals surface area contributed by atoms with E-state index in [9.17, 15) is 103 Å². The highest BCUT2D eigenvalue weighted by atomic mass is 33.1. The first-order valence-corrected chi connectivity index (χ1v) is 34.7. The van der Waals surface area contributed by atoms with Crippen LogP contribution in [0.3, 0.4) is 0 Å². The number of aliphatic hydroxyl groups excluding tert-OH is 7. The number of nitrogens with zero attached hydrogens (tertiary/aromatic N) is 1. The second-order valence-electron chi connectivity index (χ2n) is 23.4. The molecule has 11 amide bonds. The number of carbonyl (C=O) groups is 13. The lowest BCUT2D eigenvalue weighted by Crippen LogP contribution is -2.62. The maximum Gasteiger partial charge on any atom is 0.508 e. The Morgan fingerprint density at radius 2 is 1.48 bits per heavy atom. The third-order valence-electron chi connectivity index (χ3n) is 16.2. The predicted octanol–water partition coefficient (Wildman–Crippen LogP) is -8.89. The summed E-state index contributed by atoms with van der Waals surface area (Å²) >= 11 is 0. The highest BCUT2D eigenvalue weighted by Gasteiger charge is 2.46. The Labute approximate surface area is 569 Å². The number of nitrogens with one attached hydrogen (secondary N) is 11. The maximum absolute atomic E-state index is 15.0. The molecule has 1 saturated heterocycles. The zero-order valence-electron chi connectivity index (χ0n) is 53.6. The molecule has 38 nitrogen and oxygen atoms in total. The quantitative estimate of drug-likeness (QED) is 0.0224. The van der Waals surface area contributed by atoms with Crippen molar-refractivity contribution in [1.82, 2.24) is 63.1 Å². The van der Waals surface area contributed by atoms with Crippen LogP contribution in [0, 0.1) is 11.8 Å². The molecule has 1 fully saturated rings. The zero-order chi connectivity index (χ0) is 72.8. The summed E-state index contributed by atoms with van der Waals surface area (Å²) in [7, 11) is 0.829. The number of nitrogens with two attached hydrogens (primary N) is 1. The highest BCUT2D eigenvalue weighted by molar-refractivity contribution is 8.76. The first-order valence-electron chi connectivity index (χ1n) is 30.8. The molecule has 3 aliphatic heterocycles. The number of aromatic hydroxyl groups is 1. The summed E-state index contributed by atoms with van der Waals surface area (Å²) in [5.41, 5.74) is 5.63. The molecule has 3 unspecified atom stereocenters. The summed E-state index contributed by atoms with van der Waals surface area (Å²) in [6.45, 7) is -0.616. The lowest BCUT2D eigenvalue weighted by molar-refractivity contribution is -0.144. The Bertz CT molecular complexity index is 3240. The molecule has 0 aliphatic carbocycles. The van der Waals surface area contributed by atoms with Gasteiger partial charge in [0.2, 0.25) is 65.0 Å². The molecule has 2 bridgehead atoms. The number of ether oxygens (including phenoxy) is 2. The summed E-state index contributed by atoms with van der Waals surface area (Å²) in [5, 5.41) is 115. The normalized spacial score (nSPS) is 24.5. The number of hydrogen-bond donors (Lipinski definition) is 21. The van der Waals surface area contributed by atoms with Gasteiger partial charge >= 0.3 is 12.1 Å². The molecule has 3 aliphatic rings. The molecule has 5 rings (SSSR count). The van der Waals surface area contributed by atoms with Crippen LogP contribution in [0.4, 0.5) is 4.79 Å². The van der Waals surface area contributed by atoms with E-state index in [1.165, 1.54) is 32.2 Å². The first kappa shape index (κ1) is 80.7. The second-order valence-corrected chi connectivity index (χ2v) is 27.4. The molecular formula is C57H85N13O25S3. The van der Waals surface area contributed by atoms with Crippen LogP contribution in [0.25, 0.3) is 10.9 Å². The highest BCUT2D eigenvalue weighted by Crippen LogP contribution is 2.31. The Hall–Kier alpha value is -8.00. The van der Waals surface area contributed by atoms with Crippen molar-refractivity contribution in [2.75, 3.05) is 70.3 Å². The Balaban J connectivity index is 1.36. The topological polar surface area (TPSA) is 605 Å². The van der Waals surface area contributed by atoms with Gasteiger partial charge in [-0.1, -0.05) is 48.8 Å². The van der Waals surface area contributed by atoms with E-state index in [0.717, 1.165) is 26.5 Å². The van der Waals surface area contributed by atoms with E-state index >= 15 is 4.79 Å². The van der Waals surface area contributed by atoms with Gasteiger partial charge in [-0.2, -0.15) is 0 Å². The monoisotopic (exact) mass is 1450 g/mol. The van der Waals surface area contributed by atoms with Crippen molar-refractivity contribution in [3.63, 3.8) is 0 Å². The fourth-order valence-electron chi connectivity index (χ4n) is 10.3. The first-order chi connectivity index (χ1) is 46.3. The van der Waals surface area contributed by atoms with Crippen molar-refractivity contribution < 1.29 is 122 Å². The van der Waals surface area contributed by atoms with Crippen LogP contribution in [0.1, 0.15) is 58.4 Å². The molecule has 22 N–H and O–H groups in total. The standard InChI is InChI=1S/C57H85N13O25S3/c1-5-24(2)44-52(87)62-17-42(79)63-35-23-98(93)54-29(28-7-6-26(72)12-31(28)67-54)14-32(48(83)61-18-43(80)68-44)64-53(88)45(69-51(86)36-13-27(73)19-70(36)55(89)33(15-40(58)77)65-50(35)85)25(3)39(76)21-95-57(92)94-10-11-96-97-22-34(56(90)91)66-49(84)30(59-4)8-9-41(78)60-16-37(74)46(81)47(82)38(75)20-71/h6-7,12,24-25,27,30,32-39,44-47,59,67,71-76,81-82H,5,8-11,13-23H2,1-4H3,(H2,58,77)(H,60,78)(H,61,83)(H,62,87)(H,63,79)(H,64,88)(H,65,85)(H,66,84)(H,68,80)(H,69,86)(H,90,91)/t24?,25-,27-,30+,32?,33+,34+,35+,36+,37+,38-,39+,44-,45+,46-,47-,98?/m1/s1.